The summed E-state index contributed by atoms with van der Waals surface area (Å²) < 4.78 is 15.1. The van der Waals surface area contributed by atoms with E-state index in [9.17, 15) is 19.5 Å². The largest absolute Gasteiger partial charge is 0.507 e. The number of carbonyl (C=O) groups excluding carboxylic acids is 3. The smallest absolute Gasteiger partial charge is 0.270 e. The van der Waals surface area contributed by atoms with Gasteiger partial charge in [0, 0.05) is 35.5 Å². The van der Waals surface area contributed by atoms with Gasteiger partial charge < -0.3 is 21.1 Å². The number of benzene rings is 2. The van der Waals surface area contributed by atoms with Crippen molar-refractivity contribution in [1.29, 1.82) is 0 Å². The molecule has 1 fully saturated rings. The molecule has 3 heterocycles. The zero-order valence-corrected chi connectivity index (χ0v) is 20.7. The Bertz CT molecular complexity index is 1530. The normalized spacial score (nSPS) is 17.3. The molecule has 0 saturated carbocycles. The summed E-state index contributed by atoms with van der Waals surface area (Å²) in [4.78, 5) is 50.5. The van der Waals surface area contributed by atoms with Crippen molar-refractivity contribution in [3.8, 4) is 5.75 Å². The van der Waals surface area contributed by atoms with E-state index in [0.717, 1.165) is 13.0 Å². The zero-order chi connectivity index (χ0) is 27.4. The van der Waals surface area contributed by atoms with Crippen molar-refractivity contribution in [3.63, 3.8) is 0 Å². The van der Waals surface area contributed by atoms with E-state index in [1.807, 2.05) is 0 Å². The van der Waals surface area contributed by atoms with Crippen LogP contribution < -0.4 is 16.0 Å². The maximum absolute atomic E-state index is 15.1. The molecule has 0 spiro atoms. The standard InChI is InChI=1S/C28H25FN6O4/c29-24-23(22(36)13-18-3-1-11-32-25(18)24)26(37)16-5-7-17(8-6-16)27(38)34-19-4-2-10-30-14-21(19)35-28(39)20-9-12-31-15-33-20/h1,3,5-9,11-13,15,19,21,30,36H,2,4,10,14H2,(H,34,38)(H,35,39)/t19-,21-/m1/s1. The molecule has 0 aliphatic carbocycles. The van der Waals surface area contributed by atoms with Crippen LogP contribution in [0.15, 0.2) is 67.3 Å². The molecular formula is C28H25FN6O4. The van der Waals surface area contributed by atoms with E-state index in [4.69, 9.17) is 0 Å². The molecule has 1 aliphatic heterocycles. The van der Waals surface area contributed by atoms with E-state index >= 15 is 4.39 Å². The second kappa shape index (κ2) is 11.3. The van der Waals surface area contributed by atoms with Gasteiger partial charge in [-0.05, 0) is 49.7 Å². The minimum Gasteiger partial charge on any atom is -0.507 e. The van der Waals surface area contributed by atoms with Crippen LogP contribution in [0.4, 0.5) is 4.39 Å². The monoisotopic (exact) mass is 528 g/mol. The minimum absolute atomic E-state index is 0.0195. The number of nitrogens with one attached hydrogen (secondary N) is 3. The molecule has 2 amide bonds. The Morgan fingerprint density at radius 3 is 2.49 bits per heavy atom. The first-order chi connectivity index (χ1) is 18.9. The highest BCUT2D eigenvalue weighted by Crippen LogP contribution is 2.30. The molecule has 5 rings (SSSR count). The lowest BCUT2D eigenvalue weighted by atomic mass is 9.98. The summed E-state index contributed by atoms with van der Waals surface area (Å²) in [5.41, 5.74) is 0.115. The number of halogens is 1. The number of phenols is 1. The van der Waals surface area contributed by atoms with Crippen molar-refractivity contribution in [2.75, 3.05) is 13.1 Å². The van der Waals surface area contributed by atoms with Gasteiger partial charge in [0.25, 0.3) is 11.8 Å². The van der Waals surface area contributed by atoms with Crippen LogP contribution in [0.1, 0.15) is 49.6 Å². The van der Waals surface area contributed by atoms with Crippen LogP contribution in [-0.4, -0.2) is 62.8 Å². The Morgan fingerprint density at radius 1 is 0.949 bits per heavy atom. The van der Waals surface area contributed by atoms with Crippen LogP contribution in [0.25, 0.3) is 10.9 Å². The third-order valence-electron chi connectivity index (χ3n) is 6.62. The summed E-state index contributed by atoms with van der Waals surface area (Å²) in [6.45, 7) is 1.21. The molecule has 0 bridgehead atoms. The van der Waals surface area contributed by atoms with E-state index in [0.29, 0.717) is 18.4 Å². The molecule has 2 aromatic heterocycles. The number of carbonyl (C=O) groups is 3. The van der Waals surface area contributed by atoms with E-state index < -0.39 is 22.9 Å². The molecule has 1 saturated heterocycles. The Kier molecular flexibility index (Phi) is 7.50. The molecule has 0 unspecified atom stereocenters. The molecule has 39 heavy (non-hydrogen) atoms. The molecule has 11 heteroatoms. The molecule has 2 aromatic carbocycles. The fourth-order valence-electron chi connectivity index (χ4n) is 4.59. The van der Waals surface area contributed by atoms with Crippen LogP contribution in [0.3, 0.4) is 0 Å². The Morgan fingerprint density at radius 2 is 1.72 bits per heavy atom. The fraction of sp³-hybridized carbons (Fsp3) is 0.214. The molecule has 1 aliphatic rings. The highest BCUT2D eigenvalue weighted by atomic mass is 19.1. The molecule has 0 radical (unpaired) electrons. The van der Waals surface area contributed by atoms with Crippen LogP contribution in [0.5, 0.6) is 5.75 Å². The quantitative estimate of drug-likeness (QED) is 0.279. The predicted octanol–water partition coefficient (Wildman–Crippen LogP) is 2.38. The molecule has 2 atom stereocenters. The number of hydrogen-bond acceptors (Lipinski definition) is 8. The van der Waals surface area contributed by atoms with Crippen molar-refractivity contribution in [1.82, 2.24) is 30.9 Å². The molecule has 198 valence electrons. The Labute approximate surface area is 222 Å². The van der Waals surface area contributed by atoms with Crippen LogP contribution in [0, 0.1) is 5.82 Å². The number of hydrogen-bond donors (Lipinski definition) is 4. The van der Waals surface area contributed by atoms with Gasteiger partial charge >= 0.3 is 0 Å². The first-order valence-corrected chi connectivity index (χ1v) is 12.4. The lowest BCUT2D eigenvalue weighted by Crippen LogP contribution is -2.54. The zero-order valence-electron chi connectivity index (χ0n) is 20.7. The molecule has 4 aromatic rings. The predicted molar refractivity (Wildman–Crippen MR) is 140 cm³/mol. The van der Waals surface area contributed by atoms with Crippen molar-refractivity contribution < 1.29 is 23.9 Å². The topological polar surface area (TPSA) is 146 Å². The van der Waals surface area contributed by atoms with E-state index in [1.54, 1.807) is 12.1 Å². The van der Waals surface area contributed by atoms with Crippen molar-refractivity contribution in [2.24, 2.45) is 0 Å². The number of aromatic nitrogens is 3. The van der Waals surface area contributed by atoms with E-state index in [2.05, 4.69) is 30.9 Å². The van der Waals surface area contributed by atoms with Gasteiger partial charge in [-0.1, -0.05) is 18.2 Å². The average molecular weight is 529 g/mol. The highest BCUT2D eigenvalue weighted by Gasteiger charge is 2.28. The number of amides is 2. The Hall–Kier alpha value is -4.77. The van der Waals surface area contributed by atoms with Gasteiger partial charge in [-0.25, -0.2) is 14.4 Å². The summed E-state index contributed by atoms with van der Waals surface area (Å²) in [5, 5.41) is 19.9. The number of fused-ring (bicyclic) bond motifs is 1. The SMILES string of the molecule is O=C(N[C@@H]1CCCNC[C@H]1NC(=O)c1ccncn1)c1ccc(C(=O)c2c(O)cc3cccnc3c2F)cc1. The fourth-order valence-corrected chi connectivity index (χ4v) is 4.59. The number of rotatable bonds is 6. The van der Waals surface area contributed by atoms with Gasteiger partial charge in [-0.2, -0.15) is 0 Å². The van der Waals surface area contributed by atoms with Gasteiger partial charge in [0.2, 0.25) is 0 Å². The summed E-state index contributed by atoms with van der Waals surface area (Å²) in [6, 6.07) is 11.0. The highest BCUT2D eigenvalue weighted by molar-refractivity contribution is 6.13. The van der Waals surface area contributed by atoms with E-state index in [-0.39, 0.29) is 46.2 Å². The maximum atomic E-state index is 15.1. The van der Waals surface area contributed by atoms with Crippen LogP contribution >= 0.6 is 0 Å². The molecule has 10 nitrogen and oxygen atoms in total. The van der Waals surface area contributed by atoms with Crippen LogP contribution in [-0.2, 0) is 0 Å². The van der Waals surface area contributed by atoms with Gasteiger partial charge in [-0.15, -0.1) is 0 Å². The minimum atomic E-state index is -0.908. The summed E-state index contributed by atoms with van der Waals surface area (Å²) in [6.07, 6.45) is 5.61. The number of pyridine rings is 1. The lowest BCUT2D eigenvalue weighted by molar-refractivity contribution is 0.0880. The van der Waals surface area contributed by atoms with Crippen LogP contribution in [0.2, 0.25) is 0 Å². The summed E-state index contributed by atoms with van der Waals surface area (Å²) in [5.74, 6) is -2.88. The lowest BCUT2D eigenvalue weighted by Gasteiger charge is -2.27. The third-order valence-corrected chi connectivity index (χ3v) is 6.62. The van der Waals surface area contributed by atoms with Gasteiger partial charge in [-0.3, -0.25) is 19.4 Å². The number of phenolic OH excluding ortho intramolecular Hbond substituents is 1. The van der Waals surface area contributed by atoms with Crippen molar-refractivity contribution >= 4 is 28.5 Å². The maximum Gasteiger partial charge on any atom is 0.270 e. The number of aromatic hydroxyl groups is 1. The second-order valence-corrected chi connectivity index (χ2v) is 9.17. The number of ketones is 1. The second-order valence-electron chi connectivity index (χ2n) is 9.17. The van der Waals surface area contributed by atoms with Gasteiger partial charge in [0.05, 0.1) is 12.1 Å². The van der Waals surface area contributed by atoms with Gasteiger partial charge in [0.15, 0.2) is 11.6 Å². The average Bonchev–Trinajstić information content (AvgIpc) is 3.18. The van der Waals surface area contributed by atoms with E-state index in [1.165, 1.54) is 55.1 Å². The first-order valence-electron chi connectivity index (χ1n) is 12.4. The summed E-state index contributed by atoms with van der Waals surface area (Å²) >= 11 is 0. The van der Waals surface area contributed by atoms with Gasteiger partial charge in [0.1, 0.15) is 28.9 Å². The molecular weight excluding hydrogens is 503 g/mol. The Balaban J connectivity index is 1.30. The molecule has 4 N–H and O–H groups in total. The first kappa shape index (κ1) is 25.9. The summed E-state index contributed by atoms with van der Waals surface area (Å²) in [7, 11) is 0. The van der Waals surface area contributed by atoms with Crippen molar-refractivity contribution in [2.45, 2.75) is 24.9 Å². The number of nitrogens with zero attached hydrogens (tertiary/aromatic N) is 3. The van der Waals surface area contributed by atoms with Crippen molar-refractivity contribution in [3.05, 3.63) is 95.5 Å². The third kappa shape index (κ3) is 5.58.